The Hall–Kier alpha value is -1.80. The predicted molar refractivity (Wildman–Crippen MR) is 168 cm³/mol. The first-order valence-corrected chi connectivity index (χ1v) is 18.1. The Kier molecular flexibility index (Phi) is 11.1. The minimum absolute atomic E-state index is 0.0860. The molecule has 4 rings (SSSR count). The number of halogens is 1. The van der Waals surface area contributed by atoms with Crippen LogP contribution in [-0.2, 0) is 14.6 Å². The lowest BCUT2D eigenvalue weighted by Gasteiger charge is -2.45. The third-order valence-corrected chi connectivity index (χ3v) is 11.8. The van der Waals surface area contributed by atoms with Crippen LogP contribution < -0.4 is 10.2 Å². The highest BCUT2D eigenvalue weighted by Crippen LogP contribution is 2.35. The molecule has 3 aliphatic rings. The molecule has 1 aromatic carbocycles. The smallest absolute Gasteiger partial charge is 0.251 e. The first-order valence-electron chi connectivity index (χ1n) is 15.9. The highest BCUT2D eigenvalue weighted by Gasteiger charge is 2.41. The van der Waals surface area contributed by atoms with Gasteiger partial charge in [0, 0.05) is 47.5 Å². The summed E-state index contributed by atoms with van der Waals surface area (Å²) in [6, 6.07) is 4.19. The summed E-state index contributed by atoms with van der Waals surface area (Å²) in [6.45, 7) is 9.30. The van der Waals surface area contributed by atoms with E-state index in [2.05, 4.69) is 29.0 Å². The van der Waals surface area contributed by atoms with Gasteiger partial charge in [-0.25, -0.2) is 8.42 Å². The van der Waals surface area contributed by atoms with Gasteiger partial charge in [0.2, 0.25) is 5.91 Å². The van der Waals surface area contributed by atoms with Crippen molar-refractivity contribution < 1.29 is 18.0 Å². The van der Waals surface area contributed by atoms with Crippen LogP contribution in [0.15, 0.2) is 12.1 Å². The van der Waals surface area contributed by atoms with Gasteiger partial charge in [-0.05, 0) is 76.5 Å². The largest absolute Gasteiger partial charge is 0.368 e. The van der Waals surface area contributed by atoms with Gasteiger partial charge in [0.25, 0.3) is 5.91 Å². The number of carbonyl (C=O) groups is 2. The van der Waals surface area contributed by atoms with Crippen LogP contribution in [0.1, 0.15) is 107 Å². The van der Waals surface area contributed by atoms with Crippen LogP contribution in [0, 0.1) is 18.8 Å². The Morgan fingerprint density at radius 2 is 1.63 bits per heavy atom. The van der Waals surface area contributed by atoms with E-state index >= 15 is 0 Å². The number of hydrogen-bond donors (Lipinski definition) is 1. The molecule has 3 unspecified atom stereocenters. The predicted octanol–water partition coefficient (Wildman–Crippen LogP) is 6.16. The van der Waals surface area contributed by atoms with Crippen LogP contribution in [0.5, 0.6) is 0 Å². The normalized spacial score (nSPS) is 26.6. The Labute approximate surface area is 252 Å². The molecule has 3 fully saturated rings. The van der Waals surface area contributed by atoms with Gasteiger partial charge < -0.3 is 15.1 Å². The molecular formula is C32H50ClN3O4S. The number of hydrogen-bond acceptors (Lipinski definition) is 5. The maximum absolute atomic E-state index is 13.9. The van der Waals surface area contributed by atoms with E-state index in [0.29, 0.717) is 42.6 Å². The summed E-state index contributed by atoms with van der Waals surface area (Å²) in [4.78, 5) is 31.8. The van der Waals surface area contributed by atoms with Crippen molar-refractivity contribution in [1.82, 2.24) is 10.2 Å². The van der Waals surface area contributed by atoms with Crippen molar-refractivity contribution >= 4 is 38.9 Å². The fraction of sp³-hybridized carbons (Fsp3) is 0.750. The second-order valence-electron chi connectivity index (χ2n) is 12.7. The third-order valence-electron chi connectivity index (χ3n) is 9.85. The molecule has 2 aliphatic heterocycles. The van der Waals surface area contributed by atoms with Gasteiger partial charge in [-0.3, -0.25) is 9.59 Å². The van der Waals surface area contributed by atoms with Crippen molar-refractivity contribution in [3.8, 4) is 0 Å². The molecule has 1 aliphatic carbocycles. The first kappa shape index (κ1) is 32.1. The summed E-state index contributed by atoms with van der Waals surface area (Å²) in [6.07, 6.45) is 11.7. The van der Waals surface area contributed by atoms with Crippen LogP contribution >= 0.6 is 11.6 Å². The molecule has 1 N–H and O–H groups in total. The molecule has 2 amide bonds. The van der Waals surface area contributed by atoms with Crippen LogP contribution in [0.2, 0.25) is 5.02 Å². The Morgan fingerprint density at radius 1 is 1.02 bits per heavy atom. The number of nitrogens with one attached hydrogen (secondary N) is 1. The van der Waals surface area contributed by atoms with Gasteiger partial charge >= 0.3 is 0 Å². The van der Waals surface area contributed by atoms with E-state index in [0.717, 1.165) is 30.5 Å². The summed E-state index contributed by atoms with van der Waals surface area (Å²) in [7, 11) is -2.97. The van der Waals surface area contributed by atoms with Gasteiger partial charge in [-0.15, -0.1) is 0 Å². The van der Waals surface area contributed by atoms with Crippen molar-refractivity contribution in [3.05, 3.63) is 28.3 Å². The lowest BCUT2D eigenvalue weighted by molar-refractivity contribution is -0.147. The van der Waals surface area contributed by atoms with E-state index in [9.17, 15) is 18.0 Å². The summed E-state index contributed by atoms with van der Waals surface area (Å²) < 4.78 is 24.0. The SMILES string of the molecule is CCN(c1cc(Cl)cc(C(=O)NCC2C(=O)N(C3CCCCCCCC3)C(C)CC2C)c1C)C1CCS(=O)(=O)CC1. The molecule has 230 valence electrons. The number of rotatable bonds is 7. The average molecular weight is 608 g/mol. The summed E-state index contributed by atoms with van der Waals surface area (Å²) in [5.41, 5.74) is 2.20. The molecule has 2 heterocycles. The Morgan fingerprint density at radius 3 is 2.24 bits per heavy atom. The zero-order valence-electron chi connectivity index (χ0n) is 25.5. The topological polar surface area (TPSA) is 86.8 Å². The standard InChI is InChI=1S/C32H50ClN3O4S/c1-5-35(26-14-16-41(39,40)17-15-26)30-20-25(33)19-28(24(30)4)31(37)34-21-29-22(2)18-23(3)36(32(29)38)27-12-10-8-6-7-9-11-13-27/h19-20,22-23,26-27,29H,5-18,21H2,1-4H3,(H,34,37). The molecule has 7 nitrogen and oxygen atoms in total. The van der Waals surface area contributed by atoms with Gasteiger partial charge in [-0.2, -0.15) is 0 Å². The third kappa shape index (κ3) is 7.78. The van der Waals surface area contributed by atoms with Crippen LogP contribution in [0.4, 0.5) is 5.69 Å². The molecule has 9 heteroatoms. The van der Waals surface area contributed by atoms with E-state index in [4.69, 9.17) is 11.6 Å². The molecule has 41 heavy (non-hydrogen) atoms. The number of likely N-dealkylation sites (tertiary alicyclic amines) is 1. The number of anilines is 1. The maximum Gasteiger partial charge on any atom is 0.251 e. The van der Waals surface area contributed by atoms with Crippen molar-refractivity contribution in [2.24, 2.45) is 11.8 Å². The van der Waals surface area contributed by atoms with Gasteiger partial charge in [0.15, 0.2) is 0 Å². The fourth-order valence-electron chi connectivity index (χ4n) is 7.50. The second kappa shape index (κ2) is 14.1. The summed E-state index contributed by atoms with van der Waals surface area (Å²) in [5, 5.41) is 3.57. The molecule has 3 atom stereocenters. The first-order chi connectivity index (χ1) is 19.5. The van der Waals surface area contributed by atoms with E-state index < -0.39 is 9.84 Å². The number of piperidine rings is 1. The van der Waals surface area contributed by atoms with E-state index in [1.807, 2.05) is 19.9 Å². The van der Waals surface area contributed by atoms with Crippen LogP contribution in [0.3, 0.4) is 0 Å². The number of benzene rings is 1. The number of sulfone groups is 1. The fourth-order valence-corrected chi connectivity index (χ4v) is 9.18. The lowest BCUT2D eigenvalue weighted by Crippen LogP contribution is -2.56. The average Bonchev–Trinajstić information content (AvgIpc) is 3.05. The molecule has 1 saturated carbocycles. The monoisotopic (exact) mass is 607 g/mol. The Balaban J connectivity index is 1.48. The molecule has 0 radical (unpaired) electrons. The van der Waals surface area contributed by atoms with Crippen molar-refractivity contribution in [1.29, 1.82) is 0 Å². The molecule has 0 bridgehead atoms. The molecule has 0 aromatic heterocycles. The molecule has 0 spiro atoms. The number of nitrogens with zero attached hydrogens (tertiary/aromatic N) is 2. The van der Waals surface area contributed by atoms with Crippen LogP contribution in [0.25, 0.3) is 0 Å². The zero-order chi connectivity index (χ0) is 29.7. The Bertz CT molecular complexity index is 1170. The van der Waals surface area contributed by atoms with E-state index in [1.165, 1.54) is 38.5 Å². The second-order valence-corrected chi connectivity index (χ2v) is 15.5. The van der Waals surface area contributed by atoms with Gasteiger partial charge in [0.1, 0.15) is 9.84 Å². The van der Waals surface area contributed by atoms with Crippen molar-refractivity contribution in [2.75, 3.05) is 29.5 Å². The van der Waals surface area contributed by atoms with Crippen molar-refractivity contribution in [3.63, 3.8) is 0 Å². The van der Waals surface area contributed by atoms with Crippen molar-refractivity contribution in [2.45, 2.75) is 116 Å². The number of amides is 2. The minimum Gasteiger partial charge on any atom is -0.368 e. The molecular weight excluding hydrogens is 558 g/mol. The zero-order valence-corrected chi connectivity index (χ0v) is 27.0. The van der Waals surface area contributed by atoms with Crippen LogP contribution in [-0.4, -0.2) is 67.9 Å². The highest BCUT2D eigenvalue weighted by molar-refractivity contribution is 7.91. The van der Waals surface area contributed by atoms with Gasteiger partial charge in [-0.1, -0.05) is 57.0 Å². The van der Waals surface area contributed by atoms with E-state index in [1.54, 1.807) is 6.07 Å². The highest BCUT2D eigenvalue weighted by atomic mass is 35.5. The maximum atomic E-state index is 13.9. The molecule has 2 saturated heterocycles. The quantitative estimate of drug-likeness (QED) is 0.401. The minimum atomic E-state index is -2.97. The number of carbonyl (C=O) groups excluding carboxylic acids is 2. The lowest BCUT2D eigenvalue weighted by atomic mass is 9.81. The molecule has 1 aromatic rings. The summed E-state index contributed by atoms with van der Waals surface area (Å²) >= 11 is 6.54. The summed E-state index contributed by atoms with van der Waals surface area (Å²) in [5.74, 6) is 0.295. The van der Waals surface area contributed by atoms with E-state index in [-0.39, 0.29) is 47.2 Å². The van der Waals surface area contributed by atoms with Gasteiger partial charge in [0.05, 0.1) is 17.4 Å².